The summed E-state index contributed by atoms with van der Waals surface area (Å²) >= 11 is 6.64. The minimum absolute atomic E-state index is 0.303. The molecule has 4 aromatic rings. The summed E-state index contributed by atoms with van der Waals surface area (Å²) < 4.78 is 7.00. The quantitative estimate of drug-likeness (QED) is 0.481. The van der Waals surface area contributed by atoms with Crippen LogP contribution in [0.15, 0.2) is 54.7 Å². The van der Waals surface area contributed by atoms with E-state index in [9.17, 15) is 4.79 Å². The molecule has 0 saturated heterocycles. The Balaban J connectivity index is 1.71. The fourth-order valence-electron chi connectivity index (χ4n) is 3.31. The lowest BCUT2D eigenvalue weighted by molar-refractivity contribution is 0.102. The summed E-state index contributed by atoms with van der Waals surface area (Å²) in [5, 5.41) is 8.44. The Labute approximate surface area is 179 Å². The van der Waals surface area contributed by atoms with Crippen molar-refractivity contribution in [2.24, 2.45) is 0 Å². The van der Waals surface area contributed by atoms with Crippen LogP contribution in [0.1, 0.15) is 28.5 Å². The van der Waals surface area contributed by atoms with Gasteiger partial charge in [-0.05, 0) is 43.2 Å². The van der Waals surface area contributed by atoms with Crippen LogP contribution in [0.2, 0.25) is 5.02 Å². The van der Waals surface area contributed by atoms with E-state index >= 15 is 0 Å². The lowest BCUT2D eigenvalue weighted by Gasteiger charge is -2.09. The van der Waals surface area contributed by atoms with E-state index in [0.717, 1.165) is 12.1 Å². The molecule has 7 heteroatoms. The molecule has 6 nitrogen and oxygen atoms in total. The lowest BCUT2D eigenvalue weighted by Crippen LogP contribution is -2.13. The maximum atomic E-state index is 12.8. The first-order chi connectivity index (χ1) is 14.5. The molecule has 2 aromatic carbocycles. The van der Waals surface area contributed by atoms with E-state index in [1.54, 1.807) is 11.8 Å². The normalized spacial score (nSPS) is 10.9. The maximum absolute atomic E-state index is 12.8. The zero-order chi connectivity index (χ0) is 21.3. The molecule has 2 aromatic heterocycles. The van der Waals surface area contributed by atoms with E-state index in [1.165, 1.54) is 11.8 Å². The molecule has 0 spiro atoms. The van der Waals surface area contributed by atoms with E-state index in [1.807, 2.05) is 55.5 Å². The van der Waals surface area contributed by atoms with Gasteiger partial charge in [0.2, 0.25) is 0 Å². The lowest BCUT2D eigenvalue weighted by atomic mass is 10.1. The van der Waals surface area contributed by atoms with Crippen LogP contribution in [-0.2, 0) is 6.42 Å². The topological polar surface area (TPSA) is 69.0 Å². The number of rotatable bonds is 5. The Kier molecular flexibility index (Phi) is 5.42. The van der Waals surface area contributed by atoms with Gasteiger partial charge >= 0.3 is 0 Å². The molecular formula is C23H21ClN4O2. The molecule has 0 aliphatic carbocycles. The summed E-state index contributed by atoms with van der Waals surface area (Å²) in [7, 11) is 1.61. The van der Waals surface area contributed by atoms with Gasteiger partial charge in [-0.3, -0.25) is 4.79 Å². The molecule has 0 unspecified atom stereocenters. The predicted molar refractivity (Wildman–Crippen MR) is 119 cm³/mol. The number of carbonyl (C=O) groups is 1. The number of nitrogens with zero attached hydrogens (tertiary/aromatic N) is 3. The molecule has 0 radical (unpaired) electrons. The fourth-order valence-corrected chi connectivity index (χ4v) is 3.67. The third-order valence-electron chi connectivity index (χ3n) is 4.97. The highest BCUT2D eigenvalue weighted by atomic mass is 35.5. The van der Waals surface area contributed by atoms with Crippen LogP contribution in [0.5, 0.6) is 5.75 Å². The predicted octanol–water partition coefficient (Wildman–Crippen LogP) is 5.21. The van der Waals surface area contributed by atoms with Gasteiger partial charge in [-0.1, -0.05) is 36.7 Å². The van der Waals surface area contributed by atoms with Crippen molar-refractivity contribution in [2.45, 2.75) is 20.3 Å². The first-order valence-electron chi connectivity index (χ1n) is 9.60. The Hall–Kier alpha value is -3.38. The number of anilines is 1. The largest absolute Gasteiger partial charge is 0.497 e. The average molecular weight is 421 g/mol. The van der Waals surface area contributed by atoms with Crippen molar-refractivity contribution in [2.75, 3.05) is 12.4 Å². The van der Waals surface area contributed by atoms with Crippen LogP contribution >= 0.6 is 11.6 Å². The van der Waals surface area contributed by atoms with Crippen molar-refractivity contribution in [3.05, 3.63) is 76.6 Å². The molecule has 0 aliphatic heterocycles. The molecule has 0 fully saturated rings. The molecule has 0 saturated carbocycles. The third-order valence-corrected chi connectivity index (χ3v) is 5.36. The molecule has 4 rings (SSSR count). The second kappa shape index (κ2) is 8.16. The zero-order valence-electron chi connectivity index (χ0n) is 16.9. The summed E-state index contributed by atoms with van der Waals surface area (Å²) in [4.78, 5) is 17.3. The SMILES string of the molecule is CCc1ccc(NC(=O)c2cnc3c(c(C)nn3-c3cccc(OC)c3)c2Cl)cc1. The van der Waals surface area contributed by atoms with Crippen LogP contribution in [0.3, 0.4) is 0 Å². The summed E-state index contributed by atoms with van der Waals surface area (Å²) in [6.45, 7) is 3.93. The number of ether oxygens (including phenoxy) is 1. The van der Waals surface area contributed by atoms with Gasteiger partial charge in [-0.25, -0.2) is 9.67 Å². The number of aryl methyl sites for hydroxylation is 2. The first kappa shape index (κ1) is 19.9. The minimum Gasteiger partial charge on any atom is -0.497 e. The number of hydrogen-bond acceptors (Lipinski definition) is 4. The van der Waals surface area contributed by atoms with Gasteiger partial charge in [0.1, 0.15) is 5.75 Å². The Morgan fingerprint density at radius 1 is 1.20 bits per heavy atom. The van der Waals surface area contributed by atoms with Crippen LogP contribution < -0.4 is 10.1 Å². The summed E-state index contributed by atoms with van der Waals surface area (Å²) in [5.41, 5.74) is 4.27. The number of aromatic nitrogens is 3. The van der Waals surface area contributed by atoms with E-state index in [2.05, 4.69) is 22.3 Å². The highest BCUT2D eigenvalue weighted by Gasteiger charge is 2.20. The summed E-state index contributed by atoms with van der Waals surface area (Å²) in [5.74, 6) is 0.400. The van der Waals surface area contributed by atoms with E-state index in [-0.39, 0.29) is 5.91 Å². The molecule has 1 amide bonds. The Bertz CT molecular complexity index is 1230. The summed E-state index contributed by atoms with van der Waals surface area (Å²) in [6, 6.07) is 15.2. The second-order valence-electron chi connectivity index (χ2n) is 6.89. The van der Waals surface area contributed by atoms with E-state index in [4.69, 9.17) is 16.3 Å². The molecule has 0 aliphatic rings. The number of carbonyl (C=O) groups excluding carboxylic acids is 1. The minimum atomic E-state index is -0.313. The molecular weight excluding hydrogens is 400 g/mol. The number of methoxy groups -OCH3 is 1. The number of hydrogen-bond donors (Lipinski definition) is 1. The van der Waals surface area contributed by atoms with Crippen molar-refractivity contribution in [3.63, 3.8) is 0 Å². The van der Waals surface area contributed by atoms with Crippen molar-refractivity contribution < 1.29 is 9.53 Å². The van der Waals surface area contributed by atoms with Gasteiger partial charge in [0, 0.05) is 18.0 Å². The van der Waals surface area contributed by atoms with Gasteiger partial charge in [0.25, 0.3) is 5.91 Å². The molecule has 0 bridgehead atoms. The third kappa shape index (κ3) is 3.62. The fraction of sp³-hybridized carbons (Fsp3) is 0.174. The highest BCUT2D eigenvalue weighted by Crippen LogP contribution is 2.31. The number of benzene rings is 2. The molecule has 1 N–H and O–H groups in total. The molecule has 152 valence electrons. The molecule has 2 heterocycles. The summed E-state index contributed by atoms with van der Waals surface area (Å²) in [6.07, 6.45) is 2.43. The number of amides is 1. The standard InChI is InChI=1S/C23H21ClN4O2/c1-4-15-8-10-16(11-9-15)26-23(29)19-13-25-22-20(21(19)24)14(2)27-28(22)17-6-5-7-18(12-17)30-3/h5-13H,4H2,1-3H3,(H,26,29). The van der Waals surface area contributed by atoms with Crippen LogP contribution in [0.25, 0.3) is 16.7 Å². The van der Waals surface area contributed by atoms with Crippen LogP contribution in [-0.4, -0.2) is 27.8 Å². The smallest absolute Gasteiger partial charge is 0.258 e. The zero-order valence-corrected chi connectivity index (χ0v) is 17.7. The van der Waals surface area contributed by atoms with E-state index < -0.39 is 0 Å². The Morgan fingerprint density at radius 3 is 2.67 bits per heavy atom. The van der Waals surface area contributed by atoms with Crippen molar-refractivity contribution in [1.82, 2.24) is 14.8 Å². The maximum Gasteiger partial charge on any atom is 0.258 e. The highest BCUT2D eigenvalue weighted by molar-refractivity contribution is 6.39. The van der Waals surface area contributed by atoms with Gasteiger partial charge in [0.15, 0.2) is 5.65 Å². The van der Waals surface area contributed by atoms with Crippen molar-refractivity contribution in [3.8, 4) is 11.4 Å². The Morgan fingerprint density at radius 2 is 1.97 bits per heavy atom. The van der Waals surface area contributed by atoms with Gasteiger partial charge in [-0.2, -0.15) is 5.10 Å². The monoisotopic (exact) mass is 420 g/mol. The number of fused-ring (bicyclic) bond motifs is 1. The number of halogens is 1. The van der Waals surface area contributed by atoms with Crippen LogP contribution in [0, 0.1) is 6.92 Å². The van der Waals surface area contributed by atoms with Crippen molar-refractivity contribution in [1.29, 1.82) is 0 Å². The van der Waals surface area contributed by atoms with Gasteiger partial charge in [0.05, 0.1) is 34.5 Å². The second-order valence-corrected chi connectivity index (χ2v) is 7.27. The van der Waals surface area contributed by atoms with Gasteiger partial charge in [-0.15, -0.1) is 0 Å². The molecule has 0 atom stereocenters. The average Bonchev–Trinajstić information content (AvgIpc) is 3.11. The van der Waals surface area contributed by atoms with Crippen LogP contribution in [0.4, 0.5) is 5.69 Å². The first-order valence-corrected chi connectivity index (χ1v) is 9.98. The van der Waals surface area contributed by atoms with Crippen molar-refractivity contribution >= 4 is 34.2 Å². The van der Waals surface area contributed by atoms with E-state index in [0.29, 0.717) is 38.8 Å². The van der Waals surface area contributed by atoms with Gasteiger partial charge < -0.3 is 10.1 Å². The number of pyridine rings is 1. The molecule has 30 heavy (non-hydrogen) atoms. The number of nitrogens with one attached hydrogen (secondary N) is 1.